The van der Waals surface area contributed by atoms with Crippen LogP contribution in [-0.4, -0.2) is 44.3 Å². The maximum Gasteiger partial charge on any atom is 0.330 e. The fourth-order valence-electron chi connectivity index (χ4n) is 1.49. The highest BCUT2D eigenvalue weighted by Crippen LogP contribution is 2.03. The van der Waals surface area contributed by atoms with Gasteiger partial charge in [-0.15, -0.1) is 0 Å². The van der Waals surface area contributed by atoms with Gasteiger partial charge in [0.15, 0.2) is 0 Å². The number of benzene rings is 1. The van der Waals surface area contributed by atoms with Gasteiger partial charge in [0.25, 0.3) is 0 Å². The summed E-state index contributed by atoms with van der Waals surface area (Å²) in [6, 6.07) is 8.25. The number of nitrogens with one attached hydrogen (secondary N) is 4. The summed E-state index contributed by atoms with van der Waals surface area (Å²) in [5.41, 5.74) is 0.685. The predicted molar refractivity (Wildman–Crippen MR) is 86.0 cm³/mol. The van der Waals surface area contributed by atoms with Crippen LogP contribution in [0.3, 0.4) is 0 Å². The number of amides is 4. The molecule has 1 aromatic carbocycles. The van der Waals surface area contributed by atoms with Gasteiger partial charge in [0.2, 0.25) is 0 Å². The molecule has 4 N–H and O–H groups in total. The molecule has 0 atom stereocenters. The zero-order valence-corrected chi connectivity index (χ0v) is 12.6. The minimum Gasteiger partial charge on any atom is -0.461 e. The monoisotopic (exact) mass is 320 g/mol. The Balaban J connectivity index is 2.03. The van der Waals surface area contributed by atoms with E-state index < -0.39 is 12.0 Å². The van der Waals surface area contributed by atoms with Crippen LogP contribution in [0.2, 0.25) is 0 Å². The van der Waals surface area contributed by atoms with Crippen LogP contribution in [0.15, 0.2) is 43.0 Å². The van der Waals surface area contributed by atoms with Gasteiger partial charge in [-0.05, 0) is 12.1 Å². The topological polar surface area (TPSA) is 109 Å². The first-order valence-electron chi connectivity index (χ1n) is 7.02. The van der Waals surface area contributed by atoms with Crippen molar-refractivity contribution in [2.24, 2.45) is 0 Å². The van der Waals surface area contributed by atoms with Crippen LogP contribution in [0.25, 0.3) is 0 Å². The molecule has 0 heterocycles. The third-order valence-corrected chi connectivity index (χ3v) is 2.53. The second-order valence-electron chi connectivity index (χ2n) is 4.30. The normalized spacial score (nSPS) is 9.39. The molecule has 1 rings (SSSR count). The summed E-state index contributed by atoms with van der Waals surface area (Å²) in [4.78, 5) is 33.7. The third kappa shape index (κ3) is 8.76. The number of urea groups is 2. The fraction of sp³-hybridized carbons (Fsp3) is 0.267. The molecule has 124 valence electrons. The lowest BCUT2D eigenvalue weighted by Gasteiger charge is -2.09. The minimum atomic E-state index is -0.541. The molecule has 8 nitrogen and oxygen atoms in total. The SMILES string of the molecule is C=CC(=O)OCCNC(=O)NCCNC(=O)Nc1ccccc1. The van der Waals surface area contributed by atoms with E-state index in [0.29, 0.717) is 5.69 Å². The largest absolute Gasteiger partial charge is 0.461 e. The smallest absolute Gasteiger partial charge is 0.330 e. The summed E-state index contributed by atoms with van der Waals surface area (Å²) >= 11 is 0. The van der Waals surface area contributed by atoms with Crippen LogP contribution < -0.4 is 21.3 Å². The van der Waals surface area contributed by atoms with Gasteiger partial charge in [-0.1, -0.05) is 24.8 Å². The number of hydrogen-bond donors (Lipinski definition) is 4. The van der Waals surface area contributed by atoms with Crippen molar-refractivity contribution < 1.29 is 19.1 Å². The predicted octanol–water partition coefficient (Wildman–Crippen LogP) is 0.837. The van der Waals surface area contributed by atoms with E-state index in [1.807, 2.05) is 18.2 Å². The summed E-state index contributed by atoms with van der Waals surface area (Å²) in [6.07, 6.45) is 1.05. The molecular weight excluding hydrogens is 300 g/mol. The van der Waals surface area contributed by atoms with E-state index in [9.17, 15) is 14.4 Å². The van der Waals surface area contributed by atoms with Crippen molar-refractivity contribution in [3.05, 3.63) is 43.0 Å². The molecule has 1 aromatic rings. The Morgan fingerprint density at radius 2 is 1.57 bits per heavy atom. The van der Waals surface area contributed by atoms with E-state index in [1.165, 1.54) is 0 Å². The Morgan fingerprint density at radius 1 is 0.957 bits per heavy atom. The lowest BCUT2D eigenvalue weighted by Crippen LogP contribution is -2.42. The Bertz CT molecular complexity index is 534. The van der Waals surface area contributed by atoms with Crippen LogP contribution in [0, 0.1) is 0 Å². The molecule has 4 amide bonds. The van der Waals surface area contributed by atoms with Crippen molar-refractivity contribution in [1.82, 2.24) is 16.0 Å². The lowest BCUT2D eigenvalue weighted by molar-refractivity contribution is -0.137. The van der Waals surface area contributed by atoms with Gasteiger partial charge in [-0.2, -0.15) is 0 Å². The Labute approximate surface area is 134 Å². The van der Waals surface area contributed by atoms with E-state index in [1.54, 1.807) is 12.1 Å². The molecule has 0 bridgehead atoms. The van der Waals surface area contributed by atoms with Crippen molar-refractivity contribution in [1.29, 1.82) is 0 Å². The van der Waals surface area contributed by atoms with Crippen LogP contribution in [0.4, 0.5) is 15.3 Å². The first-order valence-corrected chi connectivity index (χ1v) is 7.02. The van der Waals surface area contributed by atoms with Crippen molar-refractivity contribution in [2.45, 2.75) is 0 Å². The molecule has 0 aromatic heterocycles. The van der Waals surface area contributed by atoms with Crippen LogP contribution in [0.5, 0.6) is 0 Å². The number of hydrogen-bond acceptors (Lipinski definition) is 4. The second kappa shape index (κ2) is 10.7. The van der Waals surface area contributed by atoms with Gasteiger partial charge < -0.3 is 26.0 Å². The van der Waals surface area contributed by atoms with Gasteiger partial charge in [0, 0.05) is 24.9 Å². The summed E-state index contributed by atoms with van der Waals surface area (Å²) in [7, 11) is 0. The zero-order chi connectivity index (χ0) is 16.9. The average Bonchev–Trinajstić information content (AvgIpc) is 2.56. The Hall–Kier alpha value is -3.03. The molecule has 0 radical (unpaired) electrons. The van der Waals surface area contributed by atoms with E-state index in [2.05, 4.69) is 27.8 Å². The second-order valence-corrected chi connectivity index (χ2v) is 4.30. The van der Waals surface area contributed by atoms with Gasteiger partial charge in [0.05, 0.1) is 6.54 Å². The Morgan fingerprint density at radius 3 is 2.22 bits per heavy atom. The molecular formula is C15H20N4O4. The molecule has 0 fully saturated rings. The molecule has 0 saturated heterocycles. The molecule has 8 heteroatoms. The lowest BCUT2D eigenvalue weighted by atomic mass is 10.3. The molecule has 0 aliphatic rings. The third-order valence-electron chi connectivity index (χ3n) is 2.53. The van der Waals surface area contributed by atoms with Crippen LogP contribution in [-0.2, 0) is 9.53 Å². The van der Waals surface area contributed by atoms with Crippen molar-refractivity contribution in [2.75, 3.05) is 31.6 Å². The Kier molecular flexibility index (Phi) is 8.35. The highest BCUT2D eigenvalue weighted by atomic mass is 16.5. The molecule has 0 aliphatic carbocycles. The molecule has 0 saturated carbocycles. The number of esters is 1. The summed E-state index contributed by atoms with van der Waals surface area (Å²) < 4.78 is 4.69. The van der Waals surface area contributed by atoms with Crippen molar-refractivity contribution >= 4 is 23.7 Å². The quantitative estimate of drug-likeness (QED) is 0.323. The molecule has 0 spiro atoms. The van der Waals surface area contributed by atoms with E-state index in [0.717, 1.165) is 6.08 Å². The summed E-state index contributed by atoms with van der Waals surface area (Å²) in [6.45, 7) is 4.04. The number of rotatable bonds is 8. The number of para-hydroxylation sites is 1. The van der Waals surface area contributed by atoms with Gasteiger partial charge in [-0.25, -0.2) is 14.4 Å². The minimum absolute atomic E-state index is 0.0655. The number of carbonyl (C=O) groups excluding carboxylic acids is 3. The molecule has 0 unspecified atom stereocenters. The van der Waals surface area contributed by atoms with Gasteiger partial charge >= 0.3 is 18.0 Å². The van der Waals surface area contributed by atoms with E-state index in [4.69, 9.17) is 4.74 Å². The molecule has 0 aliphatic heterocycles. The number of ether oxygens (including phenoxy) is 1. The van der Waals surface area contributed by atoms with Crippen LogP contribution >= 0.6 is 0 Å². The van der Waals surface area contributed by atoms with Crippen molar-refractivity contribution in [3.63, 3.8) is 0 Å². The number of anilines is 1. The standard InChI is InChI=1S/C15H20N4O4/c1-2-13(20)23-11-10-18-14(21)16-8-9-17-15(22)19-12-6-4-3-5-7-12/h2-7H,1,8-11H2,(H2,16,18,21)(H2,17,19,22). The maximum atomic E-state index is 11.6. The average molecular weight is 320 g/mol. The maximum absolute atomic E-state index is 11.6. The summed E-state index contributed by atoms with van der Waals surface area (Å²) in [5.74, 6) is -0.541. The van der Waals surface area contributed by atoms with Gasteiger partial charge in [0.1, 0.15) is 6.61 Å². The van der Waals surface area contributed by atoms with E-state index in [-0.39, 0.29) is 32.3 Å². The summed E-state index contributed by atoms with van der Waals surface area (Å²) in [5, 5.41) is 10.3. The first kappa shape index (κ1) is 18.0. The number of carbonyl (C=O) groups is 3. The van der Waals surface area contributed by atoms with Crippen molar-refractivity contribution in [3.8, 4) is 0 Å². The first-order chi connectivity index (χ1) is 11.1. The van der Waals surface area contributed by atoms with E-state index >= 15 is 0 Å². The zero-order valence-electron chi connectivity index (χ0n) is 12.6. The van der Waals surface area contributed by atoms with Crippen LogP contribution in [0.1, 0.15) is 0 Å². The van der Waals surface area contributed by atoms with Gasteiger partial charge in [-0.3, -0.25) is 0 Å². The highest BCUT2D eigenvalue weighted by Gasteiger charge is 2.02. The fourth-order valence-corrected chi connectivity index (χ4v) is 1.49. The highest BCUT2D eigenvalue weighted by molar-refractivity contribution is 5.89. The molecule has 23 heavy (non-hydrogen) atoms.